The molecule has 0 amide bonds. The van der Waals surface area contributed by atoms with Gasteiger partial charge in [-0.3, -0.25) is 0 Å². The second kappa shape index (κ2) is 23.3. The van der Waals surface area contributed by atoms with E-state index in [-0.39, 0.29) is 42.3 Å². The van der Waals surface area contributed by atoms with E-state index in [2.05, 4.69) is 20.8 Å². The van der Waals surface area contributed by atoms with Gasteiger partial charge in [-0.2, -0.15) is 6.42 Å². The van der Waals surface area contributed by atoms with Crippen molar-refractivity contribution in [2.75, 3.05) is 0 Å². The summed E-state index contributed by atoms with van der Waals surface area (Å²) in [6, 6.07) is 0. The summed E-state index contributed by atoms with van der Waals surface area (Å²) in [5.41, 5.74) is 0. The van der Waals surface area contributed by atoms with Crippen LogP contribution in [0.3, 0.4) is 0 Å². The molecule has 0 heterocycles. The van der Waals surface area contributed by atoms with Crippen molar-refractivity contribution in [2.24, 2.45) is 5.92 Å². The molecule has 3 nitrogen and oxygen atoms in total. The van der Waals surface area contributed by atoms with Crippen LogP contribution >= 0.6 is 0 Å². The largest absolute Gasteiger partial charge is 0.412 e. The van der Waals surface area contributed by atoms with Gasteiger partial charge in [-0.25, -0.2) is 0 Å². The van der Waals surface area contributed by atoms with Gasteiger partial charge in [0.2, 0.25) is 0 Å². The number of hydrogen-bond donors (Lipinski definition) is 0. The Balaban J connectivity index is -0.0000000133. The van der Waals surface area contributed by atoms with E-state index in [0.717, 1.165) is 12.3 Å². The summed E-state index contributed by atoms with van der Waals surface area (Å²) in [6.07, 6.45) is 1.06. The molecule has 0 saturated carbocycles. The van der Waals surface area contributed by atoms with Gasteiger partial charge in [0, 0.05) is 25.8 Å². The Kier molecular flexibility index (Phi) is 85.6. The molecule has 0 bridgehead atoms. The summed E-state index contributed by atoms with van der Waals surface area (Å²) in [4.78, 5) is 0. The fourth-order valence-electron chi connectivity index (χ4n) is 0. The van der Waals surface area contributed by atoms with E-state index in [4.69, 9.17) is 0 Å². The zero-order valence-corrected chi connectivity index (χ0v) is 9.58. The Morgan fingerprint density at radius 3 is 1.22 bits per heavy atom. The molecule has 9 heavy (non-hydrogen) atoms. The van der Waals surface area contributed by atoms with Gasteiger partial charge in [0.05, 0.1) is 0 Å². The van der Waals surface area contributed by atoms with Crippen molar-refractivity contribution < 1.29 is 42.3 Å². The predicted octanol–water partition coefficient (Wildman–Crippen LogP) is -0.610. The average Bonchev–Trinajstić information content (AvgIpc) is 1.38. The van der Waals surface area contributed by atoms with Crippen LogP contribution in [0.1, 0.15) is 20.3 Å². The van der Waals surface area contributed by atoms with E-state index in [0.29, 0.717) is 0 Å². The zero-order valence-electron chi connectivity index (χ0n) is 5.99. The van der Waals surface area contributed by atoms with Crippen LogP contribution in [0.25, 0.3) is 0 Å². The molecule has 0 atom stereocenters. The van der Waals surface area contributed by atoms with Gasteiger partial charge in [-0.05, 0) is 0 Å². The Morgan fingerprint density at radius 1 is 1.11 bits per heavy atom. The van der Waals surface area contributed by atoms with Gasteiger partial charge in [0.1, 0.15) is 0 Å². The van der Waals surface area contributed by atoms with Gasteiger partial charge < -0.3 is 23.4 Å². The van der Waals surface area contributed by atoms with Crippen molar-refractivity contribution in [1.29, 1.82) is 0 Å². The second-order valence-electron chi connectivity index (χ2n) is 1.68. The minimum Gasteiger partial charge on any atom is -0.412 e. The van der Waals surface area contributed by atoms with E-state index < -0.39 is 0 Å². The molecule has 0 aliphatic rings. The monoisotopic (exact) mass is 305 g/mol. The van der Waals surface area contributed by atoms with Crippen LogP contribution in [-0.4, -0.2) is 16.4 Å². The molecule has 6 N–H and O–H groups in total. The smallest absolute Gasteiger partial charge is 0 e. The van der Waals surface area contributed by atoms with Crippen LogP contribution in [0, 0.1) is 12.8 Å². The van der Waals surface area contributed by atoms with E-state index >= 15 is 0 Å². The SMILES string of the molecule is O.O.O.[CH2-]CC(C)C.[Hf]. The van der Waals surface area contributed by atoms with Crippen LogP contribution in [-0.2, 0) is 25.8 Å². The molecule has 60 valence electrons. The molecule has 0 spiro atoms. The van der Waals surface area contributed by atoms with Gasteiger partial charge >= 0.3 is 0 Å². The van der Waals surface area contributed by atoms with E-state index in [9.17, 15) is 0 Å². The molecule has 0 radical (unpaired) electrons. The Hall–Kier alpha value is 0.750. The van der Waals surface area contributed by atoms with Crippen molar-refractivity contribution in [3.05, 3.63) is 6.92 Å². The minimum absolute atomic E-state index is 0. The third-order valence-corrected chi connectivity index (χ3v) is 0.577. The first-order valence-electron chi connectivity index (χ1n) is 2.06. The molecule has 0 aromatic rings. The molecule has 0 aromatic carbocycles. The molecule has 0 saturated heterocycles. The fourth-order valence-corrected chi connectivity index (χ4v) is 0. The number of rotatable bonds is 1. The van der Waals surface area contributed by atoms with Crippen molar-refractivity contribution in [3.8, 4) is 0 Å². The molecule has 0 aliphatic carbocycles. The van der Waals surface area contributed by atoms with E-state index in [1.807, 2.05) is 0 Å². The third kappa shape index (κ3) is 52.7. The first kappa shape index (κ1) is 33.1. The van der Waals surface area contributed by atoms with Crippen molar-refractivity contribution in [1.82, 2.24) is 0 Å². The quantitative estimate of drug-likeness (QED) is 0.456. The van der Waals surface area contributed by atoms with Gasteiger partial charge in [-0.15, -0.1) is 0 Å². The average molecular weight is 304 g/mol. The maximum atomic E-state index is 3.69. The fraction of sp³-hybridized carbons (Fsp3) is 0.800. The second-order valence-corrected chi connectivity index (χ2v) is 1.68. The Bertz CT molecular complexity index is 26.2. The predicted molar refractivity (Wildman–Crippen MR) is 35.7 cm³/mol. The maximum Gasteiger partial charge on any atom is 0 e. The summed E-state index contributed by atoms with van der Waals surface area (Å²) in [6.45, 7) is 8.00. The summed E-state index contributed by atoms with van der Waals surface area (Å²) in [5, 5.41) is 0. The van der Waals surface area contributed by atoms with Crippen molar-refractivity contribution >= 4 is 0 Å². The summed E-state index contributed by atoms with van der Waals surface area (Å²) >= 11 is 0. The van der Waals surface area contributed by atoms with Crippen LogP contribution in [0.4, 0.5) is 0 Å². The van der Waals surface area contributed by atoms with Crippen LogP contribution in [0.2, 0.25) is 0 Å². The van der Waals surface area contributed by atoms with E-state index in [1.165, 1.54) is 0 Å². The molecular formula is C5H17HfO3-. The minimum atomic E-state index is 0. The Labute approximate surface area is 75.5 Å². The normalized spacial score (nSPS) is 5.33. The number of hydrogen-bond acceptors (Lipinski definition) is 0. The summed E-state index contributed by atoms with van der Waals surface area (Å²) in [7, 11) is 0. The molecular weight excluding hydrogens is 287 g/mol. The molecule has 0 fully saturated rings. The standard InChI is InChI=1S/C5H11.Hf.3H2O/c1-4-5(2)3;;;;/h5H,1,4H2,2-3H3;;3*1H2/q-1;;;;. The maximum absolute atomic E-state index is 3.69. The van der Waals surface area contributed by atoms with Gasteiger partial charge in [0.25, 0.3) is 0 Å². The molecule has 0 aliphatic heterocycles. The van der Waals surface area contributed by atoms with Crippen LogP contribution < -0.4 is 0 Å². The first-order chi connectivity index (χ1) is 2.27. The Morgan fingerprint density at radius 2 is 1.22 bits per heavy atom. The van der Waals surface area contributed by atoms with Gasteiger partial charge in [0.15, 0.2) is 0 Å². The topological polar surface area (TPSA) is 94.5 Å². The summed E-state index contributed by atoms with van der Waals surface area (Å²) in [5.74, 6) is 0.773. The molecule has 4 heteroatoms. The van der Waals surface area contributed by atoms with Crippen molar-refractivity contribution in [3.63, 3.8) is 0 Å². The van der Waals surface area contributed by atoms with Gasteiger partial charge in [-0.1, -0.05) is 19.8 Å². The van der Waals surface area contributed by atoms with Crippen molar-refractivity contribution in [2.45, 2.75) is 20.3 Å². The summed E-state index contributed by atoms with van der Waals surface area (Å²) < 4.78 is 0. The van der Waals surface area contributed by atoms with E-state index in [1.54, 1.807) is 0 Å². The third-order valence-electron chi connectivity index (χ3n) is 0.577. The molecule has 0 unspecified atom stereocenters. The molecule has 0 aromatic heterocycles. The first-order valence-corrected chi connectivity index (χ1v) is 2.06. The van der Waals surface area contributed by atoms with Crippen LogP contribution in [0.15, 0.2) is 0 Å². The van der Waals surface area contributed by atoms with Crippen LogP contribution in [0.5, 0.6) is 0 Å². The zero-order chi connectivity index (χ0) is 4.28. The molecule has 0 rings (SSSR count).